The summed E-state index contributed by atoms with van der Waals surface area (Å²) in [5, 5.41) is -0.561. The second-order valence-electron chi connectivity index (χ2n) is 4.52. The van der Waals surface area contributed by atoms with Crippen LogP contribution in [0.1, 0.15) is 15.9 Å². The highest BCUT2D eigenvalue weighted by atomic mass is 35.5. The standard InChI is InChI=1S/C17H17ClO4/c1-20-16-11-14(7-8-15(16)17(18)19)22-10-9-21-12-13-5-3-2-4-6-13/h2-8,11H,9-10,12H2,1H3. The molecule has 0 saturated heterocycles. The molecule has 0 fully saturated rings. The zero-order chi connectivity index (χ0) is 15.8. The van der Waals surface area contributed by atoms with E-state index in [9.17, 15) is 4.79 Å². The molecule has 2 aromatic rings. The van der Waals surface area contributed by atoms with Gasteiger partial charge in [-0.25, -0.2) is 0 Å². The fourth-order valence-electron chi connectivity index (χ4n) is 1.91. The van der Waals surface area contributed by atoms with Gasteiger partial charge < -0.3 is 14.2 Å². The Balaban J connectivity index is 1.78. The van der Waals surface area contributed by atoms with Crippen molar-refractivity contribution in [1.29, 1.82) is 0 Å². The Morgan fingerprint density at radius 1 is 1.09 bits per heavy atom. The molecular formula is C17H17ClO4. The van der Waals surface area contributed by atoms with E-state index in [-0.39, 0.29) is 0 Å². The molecule has 116 valence electrons. The van der Waals surface area contributed by atoms with E-state index in [4.69, 9.17) is 25.8 Å². The van der Waals surface area contributed by atoms with Crippen molar-refractivity contribution < 1.29 is 19.0 Å². The van der Waals surface area contributed by atoms with E-state index in [2.05, 4.69) is 0 Å². The van der Waals surface area contributed by atoms with Crippen molar-refractivity contribution in [3.05, 3.63) is 59.7 Å². The molecule has 0 heterocycles. The normalized spacial score (nSPS) is 10.3. The van der Waals surface area contributed by atoms with Crippen LogP contribution in [0.5, 0.6) is 11.5 Å². The minimum Gasteiger partial charge on any atom is -0.496 e. The molecule has 0 aliphatic carbocycles. The van der Waals surface area contributed by atoms with Crippen LogP contribution >= 0.6 is 11.6 Å². The quantitative estimate of drug-likeness (QED) is 0.550. The summed E-state index contributed by atoms with van der Waals surface area (Å²) in [5.74, 6) is 0.990. The van der Waals surface area contributed by atoms with Gasteiger partial charge in [-0.2, -0.15) is 0 Å². The predicted molar refractivity (Wildman–Crippen MR) is 84.8 cm³/mol. The van der Waals surface area contributed by atoms with Crippen LogP contribution in [0.25, 0.3) is 0 Å². The summed E-state index contributed by atoms with van der Waals surface area (Å²) < 4.78 is 16.2. The molecule has 0 amide bonds. The van der Waals surface area contributed by atoms with E-state index < -0.39 is 5.24 Å². The van der Waals surface area contributed by atoms with Crippen molar-refractivity contribution in [3.8, 4) is 11.5 Å². The first kappa shape index (κ1) is 16.3. The third-order valence-corrected chi connectivity index (χ3v) is 3.20. The first-order valence-corrected chi connectivity index (χ1v) is 7.21. The molecule has 2 aromatic carbocycles. The summed E-state index contributed by atoms with van der Waals surface area (Å²) in [6, 6.07) is 14.8. The monoisotopic (exact) mass is 320 g/mol. The van der Waals surface area contributed by atoms with E-state index in [1.165, 1.54) is 7.11 Å². The molecule has 0 radical (unpaired) electrons. The van der Waals surface area contributed by atoms with Gasteiger partial charge in [-0.15, -0.1) is 0 Å². The maximum absolute atomic E-state index is 11.2. The Hall–Kier alpha value is -2.04. The van der Waals surface area contributed by atoms with Gasteiger partial charge in [0, 0.05) is 6.07 Å². The number of rotatable bonds is 8. The van der Waals surface area contributed by atoms with Gasteiger partial charge in [0.15, 0.2) is 0 Å². The van der Waals surface area contributed by atoms with Gasteiger partial charge in [0.1, 0.15) is 18.1 Å². The lowest BCUT2D eigenvalue weighted by Crippen LogP contribution is -2.07. The second-order valence-corrected chi connectivity index (χ2v) is 4.87. The van der Waals surface area contributed by atoms with Crippen molar-refractivity contribution in [1.82, 2.24) is 0 Å². The summed E-state index contributed by atoms with van der Waals surface area (Å²) in [6.07, 6.45) is 0. The van der Waals surface area contributed by atoms with E-state index in [1.54, 1.807) is 18.2 Å². The number of hydrogen-bond donors (Lipinski definition) is 0. The molecule has 5 heteroatoms. The van der Waals surface area contributed by atoms with E-state index in [0.29, 0.717) is 36.9 Å². The number of ether oxygens (including phenoxy) is 3. The highest BCUT2D eigenvalue weighted by molar-refractivity contribution is 6.68. The van der Waals surface area contributed by atoms with Crippen molar-refractivity contribution in [2.45, 2.75) is 6.61 Å². The number of carbonyl (C=O) groups is 1. The summed E-state index contributed by atoms with van der Waals surface area (Å²) in [7, 11) is 1.48. The van der Waals surface area contributed by atoms with Crippen LogP contribution < -0.4 is 9.47 Å². The van der Waals surface area contributed by atoms with Crippen LogP contribution in [-0.4, -0.2) is 25.6 Å². The third kappa shape index (κ3) is 4.76. The number of hydrogen-bond acceptors (Lipinski definition) is 4. The van der Waals surface area contributed by atoms with Crippen LogP contribution in [0.15, 0.2) is 48.5 Å². The molecule has 0 saturated carbocycles. The minimum absolute atomic E-state index is 0.317. The maximum atomic E-state index is 11.2. The summed E-state index contributed by atoms with van der Waals surface area (Å²) in [4.78, 5) is 11.2. The average molecular weight is 321 g/mol. The number of carbonyl (C=O) groups excluding carboxylic acids is 1. The smallest absolute Gasteiger partial charge is 0.256 e. The zero-order valence-electron chi connectivity index (χ0n) is 12.3. The van der Waals surface area contributed by atoms with Gasteiger partial charge in [-0.3, -0.25) is 4.79 Å². The first-order valence-electron chi connectivity index (χ1n) is 6.83. The first-order chi connectivity index (χ1) is 10.7. The van der Waals surface area contributed by atoms with E-state index in [1.807, 2.05) is 30.3 Å². The molecule has 22 heavy (non-hydrogen) atoms. The lowest BCUT2D eigenvalue weighted by molar-refractivity contribution is 0.0888. The lowest BCUT2D eigenvalue weighted by Gasteiger charge is -2.10. The number of methoxy groups -OCH3 is 1. The molecule has 0 spiro atoms. The molecule has 0 atom stereocenters. The van der Waals surface area contributed by atoms with Crippen LogP contribution in [0.2, 0.25) is 0 Å². The third-order valence-electron chi connectivity index (χ3n) is 2.99. The number of halogens is 1. The molecule has 0 aromatic heterocycles. The Labute approximate surface area is 134 Å². The van der Waals surface area contributed by atoms with Gasteiger partial charge in [-0.1, -0.05) is 30.3 Å². The molecule has 0 bridgehead atoms. The maximum Gasteiger partial charge on any atom is 0.256 e. The lowest BCUT2D eigenvalue weighted by atomic mass is 10.2. The summed E-state index contributed by atoms with van der Waals surface area (Å²) in [6.45, 7) is 1.42. The molecule has 0 aliphatic heterocycles. The van der Waals surface area contributed by atoms with Crippen molar-refractivity contribution >= 4 is 16.8 Å². The summed E-state index contributed by atoms with van der Waals surface area (Å²) in [5.41, 5.74) is 1.44. The SMILES string of the molecule is COc1cc(OCCOCc2ccccc2)ccc1C(=O)Cl. The largest absolute Gasteiger partial charge is 0.496 e. The van der Waals surface area contributed by atoms with Crippen molar-refractivity contribution in [2.75, 3.05) is 20.3 Å². The predicted octanol–water partition coefficient (Wildman–Crippen LogP) is 3.67. The van der Waals surface area contributed by atoms with Gasteiger partial charge in [0.25, 0.3) is 5.24 Å². The Bertz CT molecular complexity index is 613. The fraction of sp³-hybridized carbons (Fsp3) is 0.235. The molecule has 0 unspecified atom stereocenters. The van der Waals surface area contributed by atoms with Crippen LogP contribution in [0.3, 0.4) is 0 Å². The Kier molecular flexibility index (Phi) is 6.25. The van der Waals surface area contributed by atoms with Crippen LogP contribution in [0, 0.1) is 0 Å². The number of benzene rings is 2. The topological polar surface area (TPSA) is 44.8 Å². The zero-order valence-corrected chi connectivity index (χ0v) is 13.0. The van der Waals surface area contributed by atoms with E-state index >= 15 is 0 Å². The van der Waals surface area contributed by atoms with Crippen LogP contribution in [-0.2, 0) is 11.3 Å². The highest BCUT2D eigenvalue weighted by Crippen LogP contribution is 2.25. The van der Waals surface area contributed by atoms with Gasteiger partial charge in [0.05, 0.1) is 25.9 Å². The van der Waals surface area contributed by atoms with Gasteiger partial charge in [0.2, 0.25) is 0 Å². The Morgan fingerprint density at radius 3 is 2.55 bits per heavy atom. The van der Waals surface area contributed by atoms with Crippen molar-refractivity contribution in [2.24, 2.45) is 0 Å². The average Bonchev–Trinajstić information content (AvgIpc) is 2.55. The van der Waals surface area contributed by atoms with E-state index in [0.717, 1.165) is 5.56 Å². The van der Waals surface area contributed by atoms with Crippen LogP contribution in [0.4, 0.5) is 0 Å². The molecule has 0 N–H and O–H groups in total. The Morgan fingerprint density at radius 2 is 1.86 bits per heavy atom. The van der Waals surface area contributed by atoms with Gasteiger partial charge >= 0.3 is 0 Å². The fourth-order valence-corrected chi connectivity index (χ4v) is 2.06. The molecule has 4 nitrogen and oxygen atoms in total. The highest BCUT2D eigenvalue weighted by Gasteiger charge is 2.10. The van der Waals surface area contributed by atoms with Gasteiger partial charge in [-0.05, 0) is 29.3 Å². The molecule has 0 aliphatic rings. The summed E-state index contributed by atoms with van der Waals surface area (Å²) >= 11 is 5.46. The molecule has 2 rings (SSSR count). The van der Waals surface area contributed by atoms with Crippen molar-refractivity contribution in [3.63, 3.8) is 0 Å². The second kappa shape index (κ2) is 8.41. The molecular weight excluding hydrogens is 304 g/mol. The minimum atomic E-state index is -0.561.